The number of amides is 1. The van der Waals surface area contributed by atoms with Gasteiger partial charge in [0.25, 0.3) is 0 Å². The van der Waals surface area contributed by atoms with Crippen LogP contribution in [0.1, 0.15) is 12.8 Å². The first kappa shape index (κ1) is 23.9. The minimum atomic E-state index is 0.0104. The lowest BCUT2D eigenvalue weighted by molar-refractivity contribution is -0.127. The van der Waals surface area contributed by atoms with Crippen LogP contribution in [0.5, 0.6) is 0 Å². The van der Waals surface area contributed by atoms with Gasteiger partial charge in [-0.05, 0) is 19.4 Å². The Morgan fingerprint density at radius 2 is 2.03 bits per heavy atom. The second kappa shape index (κ2) is 13.7. The molecule has 0 aliphatic carbocycles. The van der Waals surface area contributed by atoms with Crippen molar-refractivity contribution in [1.82, 2.24) is 20.0 Å². The molecule has 168 valence electrons. The molecule has 0 radical (unpaired) electrons. The highest BCUT2D eigenvalue weighted by molar-refractivity contribution is 5.85. The van der Waals surface area contributed by atoms with Gasteiger partial charge in [-0.15, -0.1) is 0 Å². The number of hydrogen-bond donors (Lipinski definition) is 1. The zero-order chi connectivity index (χ0) is 20.9. The molecule has 0 bridgehead atoms. The molecule has 2 heterocycles. The quantitative estimate of drug-likeness (QED) is 0.284. The smallest absolute Gasteiger partial charge is 0.243 e. The van der Waals surface area contributed by atoms with Crippen molar-refractivity contribution in [1.29, 1.82) is 0 Å². The van der Waals surface area contributed by atoms with E-state index in [0.717, 1.165) is 77.9 Å². The Balaban J connectivity index is 1.79. The summed E-state index contributed by atoms with van der Waals surface area (Å²) < 4.78 is 16.1. The minimum Gasteiger partial charge on any atom is -0.382 e. The number of carbonyl (C=O) groups excluding carboxylic acids is 1. The van der Waals surface area contributed by atoms with Crippen LogP contribution < -0.4 is 5.32 Å². The summed E-state index contributed by atoms with van der Waals surface area (Å²) >= 11 is 0. The van der Waals surface area contributed by atoms with Crippen LogP contribution in [0, 0.1) is 5.92 Å². The van der Waals surface area contributed by atoms with Crippen molar-refractivity contribution in [2.45, 2.75) is 12.8 Å². The minimum absolute atomic E-state index is 0.0104. The summed E-state index contributed by atoms with van der Waals surface area (Å²) in [7, 11) is 5.20. The summed E-state index contributed by atoms with van der Waals surface area (Å²) in [5, 5.41) is 3.48. The molecule has 2 saturated heterocycles. The predicted molar refractivity (Wildman–Crippen MR) is 113 cm³/mol. The average Bonchev–Trinajstić information content (AvgIpc) is 3.20. The van der Waals surface area contributed by atoms with Crippen molar-refractivity contribution in [2.24, 2.45) is 10.9 Å². The molecule has 9 heteroatoms. The van der Waals surface area contributed by atoms with Crippen LogP contribution in [-0.2, 0) is 19.0 Å². The van der Waals surface area contributed by atoms with Crippen LogP contribution in [0.2, 0.25) is 0 Å². The van der Waals surface area contributed by atoms with Crippen LogP contribution in [0.25, 0.3) is 0 Å². The molecule has 2 fully saturated rings. The van der Waals surface area contributed by atoms with Gasteiger partial charge < -0.3 is 29.3 Å². The fraction of sp³-hybridized carbons (Fsp3) is 0.900. The van der Waals surface area contributed by atoms with E-state index in [0.29, 0.717) is 19.1 Å². The molecule has 2 aliphatic heterocycles. The standard InChI is InChI=1S/C20H39N5O4/c1-23(2)19(26)15-22-20(21-6-4-7-24-9-11-28-12-10-24)25-8-5-18(16-25)17-29-14-13-27-3/h18H,4-17H2,1-3H3,(H,21,22). The molecular weight excluding hydrogens is 374 g/mol. The topological polar surface area (TPSA) is 78.9 Å². The van der Waals surface area contributed by atoms with Gasteiger partial charge >= 0.3 is 0 Å². The fourth-order valence-electron chi connectivity index (χ4n) is 3.43. The van der Waals surface area contributed by atoms with E-state index in [2.05, 4.69) is 20.1 Å². The number of rotatable bonds is 11. The Labute approximate surface area is 175 Å². The van der Waals surface area contributed by atoms with Crippen LogP contribution in [0.15, 0.2) is 4.99 Å². The van der Waals surface area contributed by atoms with Gasteiger partial charge in [-0.2, -0.15) is 0 Å². The second-order valence-corrected chi connectivity index (χ2v) is 7.83. The number of aliphatic imine (C=N–C) groups is 1. The highest BCUT2D eigenvalue weighted by atomic mass is 16.5. The van der Waals surface area contributed by atoms with Crippen molar-refractivity contribution in [3.63, 3.8) is 0 Å². The first-order valence-electron chi connectivity index (χ1n) is 10.7. The molecule has 0 aromatic rings. The van der Waals surface area contributed by atoms with Gasteiger partial charge in [-0.1, -0.05) is 0 Å². The van der Waals surface area contributed by atoms with Crippen LogP contribution in [0.3, 0.4) is 0 Å². The Bertz CT molecular complexity index is 497. The molecule has 9 nitrogen and oxygen atoms in total. The molecule has 0 saturated carbocycles. The zero-order valence-electron chi connectivity index (χ0n) is 18.4. The maximum absolute atomic E-state index is 12.0. The first-order chi connectivity index (χ1) is 14.1. The molecule has 2 rings (SSSR count). The molecule has 1 N–H and O–H groups in total. The number of likely N-dealkylation sites (tertiary alicyclic amines) is 1. The third-order valence-electron chi connectivity index (χ3n) is 5.27. The molecule has 0 spiro atoms. The number of carbonyl (C=O) groups is 1. The molecule has 0 aromatic carbocycles. The zero-order valence-corrected chi connectivity index (χ0v) is 18.4. The molecule has 0 aromatic heterocycles. The highest BCUT2D eigenvalue weighted by Gasteiger charge is 2.25. The molecule has 1 unspecified atom stereocenters. The van der Waals surface area contributed by atoms with Gasteiger partial charge in [-0.25, -0.2) is 4.99 Å². The highest BCUT2D eigenvalue weighted by Crippen LogP contribution is 2.16. The number of nitrogens with one attached hydrogen (secondary N) is 1. The Kier molecular flexibility index (Phi) is 11.3. The Hall–Kier alpha value is -1.42. The van der Waals surface area contributed by atoms with Crippen LogP contribution >= 0.6 is 0 Å². The SMILES string of the molecule is COCCOCC1CCN(C(=NCC(=O)N(C)C)NCCCN2CCOCC2)C1. The summed E-state index contributed by atoms with van der Waals surface area (Å²) in [5.74, 6) is 1.33. The van der Waals surface area contributed by atoms with Gasteiger partial charge in [-0.3, -0.25) is 9.69 Å². The van der Waals surface area contributed by atoms with Gasteiger partial charge in [0.05, 0.1) is 33.0 Å². The van der Waals surface area contributed by atoms with E-state index in [-0.39, 0.29) is 12.5 Å². The number of nitrogens with zero attached hydrogens (tertiary/aromatic N) is 4. The third kappa shape index (κ3) is 9.29. The lowest BCUT2D eigenvalue weighted by atomic mass is 10.1. The lowest BCUT2D eigenvalue weighted by Gasteiger charge is -2.27. The summed E-state index contributed by atoms with van der Waals surface area (Å²) in [5.41, 5.74) is 0. The maximum atomic E-state index is 12.0. The van der Waals surface area contributed by atoms with Crippen LogP contribution in [-0.4, -0.2) is 127 Å². The summed E-state index contributed by atoms with van der Waals surface area (Å²) in [6.45, 7) is 9.57. The van der Waals surface area contributed by atoms with E-state index in [1.807, 2.05) is 0 Å². The molecule has 29 heavy (non-hydrogen) atoms. The van der Waals surface area contributed by atoms with Crippen molar-refractivity contribution >= 4 is 11.9 Å². The monoisotopic (exact) mass is 413 g/mol. The number of guanidine groups is 1. The van der Waals surface area contributed by atoms with E-state index in [9.17, 15) is 4.79 Å². The molecular formula is C20H39N5O4. The number of likely N-dealkylation sites (N-methyl/N-ethyl adjacent to an activating group) is 1. The summed E-state index contributed by atoms with van der Waals surface area (Å²) in [4.78, 5) is 22.9. The largest absolute Gasteiger partial charge is 0.382 e. The van der Waals surface area contributed by atoms with E-state index in [1.165, 1.54) is 0 Å². The normalized spacial score (nSPS) is 20.9. The van der Waals surface area contributed by atoms with Crippen molar-refractivity contribution in [3.05, 3.63) is 0 Å². The number of morpholine rings is 1. The predicted octanol–water partition coefficient (Wildman–Crippen LogP) is -0.273. The summed E-state index contributed by atoms with van der Waals surface area (Å²) in [6, 6.07) is 0. The van der Waals surface area contributed by atoms with Crippen LogP contribution in [0.4, 0.5) is 0 Å². The molecule has 1 amide bonds. The van der Waals surface area contributed by atoms with Gasteiger partial charge in [0.15, 0.2) is 5.96 Å². The maximum Gasteiger partial charge on any atom is 0.243 e. The first-order valence-corrected chi connectivity index (χ1v) is 10.7. The number of ether oxygens (including phenoxy) is 3. The lowest BCUT2D eigenvalue weighted by Crippen LogP contribution is -2.43. The molecule has 1 atom stereocenters. The summed E-state index contributed by atoms with van der Waals surface area (Å²) in [6.07, 6.45) is 2.11. The Morgan fingerprint density at radius 1 is 1.24 bits per heavy atom. The van der Waals surface area contributed by atoms with E-state index in [1.54, 1.807) is 26.1 Å². The van der Waals surface area contributed by atoms with Crippen molar-refractivity contribution < 1.29 is 19.0 Å². The van der Waals surface area contributed by atoms with Gasteiger partial charge in [0.2, 0.25) is 5.91 Å². The third-order valence-corrected chi connectivity index (χ3v) is 5.27. The van der Waals surface area contributed by atoms with E-state index in [4.69, 9.17) is 14.2 Å². The fourth-order valence-corrected chi connectivity index (χ4v) is 3.43. The van der Waals surface area contributed by atoms with Crippen molar-refractivity contribution in [2.75, 3.05) is 100 Å². The molecule has 2 aliphatic rings. The average molecular weight is 414 g/mol. The van der Waals surface area contributed by atoms with Crippen molar-refractivity contribution in [3.8, 4) is 0 Å². The van der Waals surface area contributed by atoms with Gasteiger partial charge in [0.1, 0.15) is 6.54 Å². The van der Waals surface area contributed by atoms with E-state index < -0.39 is 0 Å². The number of hydrogen-bond acceptors (Lipinski definition) is 6. The Morgan fingerprint density at radius 3 is 2.76 bits per heavy atom. The number of methoxy groups -OCH3 is 1. The van der Waals surface area contributed by atoms with Gasteiger partial charge in [0, 0.05) is 59.8 Å². The van der Waals surface area contributed by atoms with E-state index >= 15 is 0 Å². The second-order valence-electron chi connectivity index (χ2n) is 7.83.